The molecule has 92 valence electrons. The van der Waals surface area contributed by atoms with Crippen molar-refractivity contribution >= 4 is 0 Å². The number of nitrogens with two attached hydrogens (primary N) is 1. The highest BCUT2D eigenvalue weighted by Gasteiger charge is 2.17. The van der Waals surface area contributed by atoms with Crippen molar-refractivity contribution in [2.75, 3.05) is 0 Å². The largest absolute Gasteiger partial charge is 0.318 e. The Hall–Kier alpha value is -1.62. The van der Waals surface area contributed by atoms with Gasteiger partial charge in [0.2, 0.25) is 0 Å². The Labute approximate surface area is 101 Å². The van der Waals surface area contributed by atoms with Gasteiger partial charge in [0.25, 0.3) is 0 Å². The number of hydrogen-bond acceptors (Lipinski definition) is 3. The first kappa shape index (κ1) is 11.9. The van der Waals surface area contributed by atoms with Gasteiger partial charge < -0.3 is 5.73 Å². The zero-order chi connectivity index (χ0) is 12.4. The van der Waals surface area contributed by atoms with Crippen LogP contribution in [0.4, 0.5) is 0 Å². The minimum absolute atomic E-state index is 0.171. The van der Waals surface area contributed by atoms with Gasteiger partial charge in [0.05, 0.1) is 23.1 Å². The van der Waals surface area contributed by atoms with Crippen molar-refractivity contribution in [2.24, 2.45) is 12.8 Å². The molecule has 0 radical (unpaired) electrons. The lowest BCUT2D eigenvalue weighted by Crippen LogP contribution is -2.20. The molecule has 2 heterocycles. The Morgan fingerprint density at radius 1 is 1.41 bits per heavy atom. The summed E-state index contributed by atoms with van der Waals surface area (Å²) in [7, 11) is 1.92. The summed E-state index contributed by atoms with van der Waals surface area (Å²) in [6, 6.07) is 3.83. The van der Waals surface area contributed by atoms with E-state index < -0.39 is 0 Å². The van der Waals surface area contributed by atoms with Gasteiger partial charge >= 0.3 is 0 Å². The first-order chi connectivity index (χ1) is 8.13. The van der Waals surface area contributed by atoms with Crippen LogP contribution in [-0.2, 0) is 13.6 Å². The molecule has 0 aliphatic carbocycles. The Balaban J connectivity index is 2.33. The van der Waals surface area contributed by atoms with Crippen LogP contribution in [-0.4, -0.2) is 19.6 Å². The third-order valence-corrected chi connectivity index (χ3v) is 2.86. The molecule has 0 bridgehead atoms. The molecule has 0 aliphatic rings. The van der Waals surface area contributed by atoms with Crippen LogP contribution in [0.5, 0.6) is 0 Å². The van der Waals surface area contributed by atoms with Gasteiger partial charge in [-0.2, -0.15) is 10.2 Å². The average molecular weight is 233 g/mol. The second-order valence-corrected chi connectivity index (χ2v) is 4.29. The molecule has 5 nitrogen and oxygen atoms in total. The van der Waals surface area contributed by atoms with Crippen molar-refractivity contribution in [2.45, 2.75) is 32.9 Å². The molecule has 2 aromatic heterocycles. The maximum atomic E-state index is 6.28. The average Bonchev–Trinajstić information content (AvgIpc) is 2.85. The van der Waals surface area contributed by atoms with Crippen molar-refractivity contribution in [3.05, 3.63) is 35.4 Å². The summed E-state index contributed by atoms with van der Waals surface area (Å²) in [6.45, 7) is 5.00. The van der Waals surface area contributed by atoms with Crippen molar-refractivity contribution in [3.8, 4) is 0 Å². The van der Waals surface area contributed by atoms with E-state index in [4.69, 9.17) is 5.73 Å². The number of aromatic nitrogens is 4. The summed E-state index contributed by atoms with van der Waals surface area (Å²) in [5.41, 5.74) is 9.32. The smallest absolute Gasteiger partial charge is 0.0893 e. The van der Waals surface area contributed by atoms with Crippen LogP contribution >= 0.6 is 0 Å². The fourth-order valence-electron chi connectivity index (χ4n) is 2.08. The third kappa shape index (κ3) is 2.24. The summed E-state index contributed by atoms with van der Waals surface area (Å²) in [5, 5.41) is 8.62. The van der Waals surface area contributed by atoms with Crippen LogP contribution in [0.2, 0.25) is 0 Å². The van der Waals surface area contributed by atoms with Gasteiger partial charge in [-0.3, -0.25) is 9.36 Å². The van der Waals surface area contributed by atoms with Gasteiger partial charge in [-0.15, -0.1) is 0 Å². The molecule has 0 saturated heterocycles. The highest BCUT2D eigenvalue weighted by molar-refractivity contribution is 5.22. The molecule has 0 amide bonds. The lowest BCUT2D eigenvalue weighted by Gasteiger charge is -2.14. The first-order valence-corrected chi connectivity index (χ1v) is 5.91. The molecule has 5 heteroatoms. The van der Waals surface area contributed by atoms with Crippen LogP contribution in [0.1, 0.15) is 36.5 Å². The highest BCUT2D eigenvalue weighted by atomic mass is 15.3. The van der Waals surface area contributed by atoms with E-state index in [0.29, 0.717) is 0 Å². The van der Waals surface area contributed by atoms with Crippen LogP contribution in [0.25, 0.3) is 0 Å². The standard InChI is InChI=1S/C12H19N5/c1-4-7-17-10(5-6-14-17)12(13)11-8-9(2)15-16(11)3/h5-6,8,12H,4,7,13H2,1-3H3. The Kier molecular flexibility index (Phi) is 3.28. The molecule has 0 fully saturated rings. The topological polar surface area (TPSA) is 61.7 Å². The first-order valence-electron chi connectivity index (χ1n) is 5.91. The maximum absolute atomic E-state index is 6.28. The van der Waals surface area contributed by atoms with E-state index in [2.05, 4.69) is 17.1 Å². The van der Waals surface area contributed by atoms with Gasteiger partial charge in [-0.25, -0.2) is 0 Å². The molecule has 1 unspecified atom stereocenters. The molecule has 2 aromatic rings. The SMILES string of the molecule is CCCn1nccc1C(N)c1cc(C)nn1C. The van der Waals surface area contributed by atoms with Crippen LogP contribution in [0.3, 0.4) is 0 Å². The van der Waals surface area contributed by atoms with E-state index in [1.807, 2.05) is 35.5 Å². The molecule has 0 saturated carbocycles. The highest BCUT2D eigenvalue weighted by Crippen LogP contribution is 2.19. The number of hydrogen-bond donors (Lipinski definition) is 1. The molecule has 2 N–H and O–H groups in total. The fourth-order valence-corrected chi connectivity index (χ4v) is 2.08. The molecule has 1 atom stereocenters. The number of aryl methyl sites for hydroxylation is 3. The molecule has 0 spiro atoms. The lowest BCUT2D eigenvalue weighted by atomic mass is 10.1. The number of nitrogens with zero attached hydrogens (tertiary/aromatic N) is 4. The zero-order valence-corrected chi connectivity index (χ0v) is 10.6. The molecule has 2 rings (SSSR count). The Morgan fingerprint density at radius 3 is 2.76 bits per heavy atom. The van der Waals surface area contributed by atoms with Crippen molar-refractivity contribution in [3.63, 3.8) is 0 Å². The second kappa shape index (κ2) is 4.71. The molecule has 17 heavy (non-hydrogen) atoms. The van der Waals surface area contributed by atoms with E-state index >= 15 is 0 Å². The molecular weight excluding hydrogens is 214 g/mol. The molecule has 0 aliphatic heterocycles. The van der Waals surface area contributed by atoms with Gasteiger partial charge in [0, 0.05) is 19.8 Å². The summed E-state index contributed by atoms with van der Waals surface area (Å²) in [4.78, 5) is 0. The van der Waals surface area contributed by atoms with Crippen LogP contribution in [0, 0.1) is 6.92 Å². The summed E-state index contributed by atoms with van der Waals surface area (Å²) in [5.74, 6) is 0. The lowest BCUT2D eigenvalue weighted by molar-refractivity contribution is 0.547. The van der Waals surface area contributed by atoms with Crippen molar-refractivity contribution < 1.29 is 0 Å². The Morgan fingerprint density at radius 2 is 2.18 bits per heavy atom. The normalized spacial score (nSPS) is 12.9. The van der Waals surface area contributed by atoms with E-state index in [-0.39, 0.29) is 6.04 Å². The molecule has 0 aromatic carbocycles. The van der Waals surface area contributed by atoms with E-state index in [1.54, 1.807) is 6.20 Å². The third-order valence-electron chi connectivity index (χ3n) is 2.86. The fraction of sp³-hybridized carbons (Fsp3) is 0.500. The van der Waals surface area contributed by atoms with E-state index in [1.165, 1.54) is 0 Å². The van der Waals surface area contributed by atoms with Gasteiger partial charge in [-0.1, -0.05) is 6.92 Å². The molecular formula is C12H19N5. The Bertz CT molecular complexity index is 497. The van der Waals surface area contributed by atoms with E-state index in [9.17, 15) is 0 Å². The van der Waals surface area contributed by atoms with Gasteiger partial charge in [0.15, 0.2) is 0 Å². The minimum atomic E-state index is -0.171. The maximum Gasteiger partial charge on any atom is 0.0893 e. The van der Waals surface area contributed by atoms with Gasteiger partial charge in [-0.05, 0) is 25.5 Å². The van der Waals surface area contributed by atoms with Gasteiger partial charge in [0.1, 0.15) is 0 Å². The van der Waals surface area contributed by atoms with Crippen LogP contribution < -0.4 is 5.73 Å². The van der Waals surface area contributed by atoms with Crippen LogP contribution in [0.15, 0.2) is 18.3 Å². The predicted octanol–water partition coefficient (Wildman–Crippen LogP) is 1.38. The minimum Gasteiger partial charge on any atom is -0.318 e. The number of rotatable bonds is 4. The van der Waals surface area contributed by atoms with Crippen molar-refractivity contribution in [1.29, 1.82) is 0 Å². The zero-order valence-electron chi connectivity index (χ0n) is 10.6. The predicted molar refractivity (Wildman–Crippen MR) is 66.5 cm³/mol. The summed E-state index contributed by atoms with van der Waals surface area (Å²) in [6.07, 6.45) is 2.85. The quantitative estimate of drug-likeness (QED) is 0.868. The van der Waals surface area contributed by atoms with Crippen molar-refractivity contribution in [1.82, 2.24) is 19.6 Å². The second-order valence-electron chi connectivity index (χ2n) is 4.29. The van der Waals surface area contributed by atoms with E-state index in [0.717, 1.165) is 30.0 Å². The monoisotopic (exact) mass is 233 g/mol. The summed E-state index contributed by atoms with van der Waals surface area (Å²) < 4.78 is 3.80. The summed E-state index contributed by atoms with van der Waals surface area (Å²) >= 11 is 0.